The molecule has 3 rings (SSSR count). The van der Waals surface area contributed by atoms with Crippen LogP contribution in [-0.2, 0) is 0 Å². The standard InChI is InChI=1S/C16H14FNO/c17-15-8-14(9-18-10-15)16(19)13-6-2-5-12(7-13)11-3-1-4-11/h2,5-11H,1,3-4H2. The van der Waals surface area contributed by atoms with E-state index in [1.54, 1.807) is 6.07 Å². The first-order chi connectivity index (χ1) is 9.24. The van der Waals surface area contributed by atoms with Crippen LogP contribution in [0.3, 0.4) is 0 Å². The summed E-state index contributed by atoms with van der Waals surface area (Å²) in [6.07, 6.45) is 6.15. The number of pyridine rings is 1. The second kappa shape index (κ2) is 4.92. The molecule has 96 valence electrons. The summed E-state index contributed by atoms with van der Waals surface area (Å²) in [5.41, 5.74) is 2.11. The largest absolute Gasteiger partial charge is 0.289 e. The van der Waals surface area contributed by atoms with Gasteiger partial charge in [-0.25, -0.2) is 4.39 Å². The molecule has 1 heterocycles. The van der Waals surface area contributed by atoms with E-state index in [4.69, 9.17) is 0 Å². The van der Waals surface area contributed by atoms with Crippen molar-refractivity contribution in [1.29, 1.82) is 0 Å². The van der Waals surface area contributed by atoms with Crippen molar-refractivity contribution in [1.82, 2.24) is 4.98 Å². The van der Waals surface area contributed by atoms with E-state index in [9.17, 15) is 9.18 Å². The van der Waals surface area contributed by atoms with Crippen LogP contribution in [0.25, 0.3) is 0 Å². The van der Waals surface area contributed by atoms with E-state index in [0.717, 1.165) is 6.20 Å². The van der Waals surface area contributed by atoms with Crippen molar-refractivity contribution in [3.8, 4) is 0 Å². The maximum Gasteiger partial charge on any atom is 0.194 e. The zero-order valence-electron chi connectivity index (χ0n) is 10.5. The molecular formula is C16H14FNO. The Morgan fingerprint density at radius 3 is 2.68 bits per heavy atom. The van der Waals surface area contributed by atoms with Crippen LogP contribution in [-0.4, -0.2) is 10.8 Å². The zero-order chi connectivity index (χ0) is 13.2. The summed E-state index contributed by atoms with van der Waals surface area (Å²) in [7, 11) is 0. The second-order valence-corrected chi connectivity index (χ2v) is 4.97. The lowest BCUT2D eigenvalue weighted by Crippen LogP contribution is -2.10. The summed E-state index contributed by atoms with van der Waals surface area (Å²) < 4.78 is 13.1. The van der Waals surface area contributed by atoms with Gasteiger partial charge in [0.2, 0.25) is 0 Å². The molecule has 0 spiro atoms. The highest BCUT2D eigenvalue weighted by molar-refractivity contribution is 6.08. The summed E-state index contributed by atoms with van der Waals surface area (Å²) in [5, 5.41) is 0. The molecule has 0 amide bonds. The number of hydrogen-bond acceptors (Lipinski definition) is 2. The number of carbonyl (C=O) groups is 1. The van der Waals surface area contributed by atoms with E-state index < -0.39 is 5.82 Å². The van der Waals surface area contributed by atoms with Gasteiger partial charge in [-0.2, -0.15) is 0 Å². The smallest absolute Gasteiger partial charge is 0.194 e. The van der Waals surface area contributed by atoms with Gasteiger partial charge < -0.3 is 0 Å². The third-order valence-electron chi connectivity index (χ3n) is 3.69. The molecule has 0 radical (unpaired) electrons. The van der Waals surface area contributed by atoms with Crippen LogP contribution < -0.4 is 0 Å². The van der Waals surface area contributed by atoms with Crippen molar-refractivity contribution in [2.75, 3.05) is 0 Å². The molecule has 1 fully saturated rings. The SMILES string of the molecule is O=C(c1cncc(F)c1)c1cccc(C2CCC2)c1. The molecule has 1 aliphatic rings. The Balaban J connectivity index is 1.91. The normalized spacial score (nSPS) is 15.0. The molecule has 0 saturated heterocycles. The van der Waals surface area contributed by atoms with Crippen LogP contribution in [0, 0.1) is 5.82 Å². The summed E-state index contributed by atoms with van der Waals surface area (Å²) >= 11 is 0. The first-order valence-electron chi connectivity index (χ1n) is 6.49. The lowest BCUT2D eigenvalue weighted by molar-refractivity contribution is 0.103. The van der Waals surface area contributed by atoms with Crippen molar-refractivity contribution in [2.24, 2.45) is 0 Å². The first-order valence-corrected chi connectivity index (χ1v) is 6.49. The Labute approximate surface area is 111 Å². The monoisotopic (exact) mass is 255 g/mol. The molecule has 2 aromatic rings. The van der Waals surface area contributed by atoms with E-state index in [2.05, 4.69) is 11.1 Å². The molecule has 2 nitrogen and oxygen atoms in total. The van der Waals surface area contributed by atoms with Crippen molar-refractivity contribution >= 4 is 5.78 Å². The number of aromatic nitrogens is 1. The fraction of sp³-hybridized carbons (Fsp3) is 0.250. The number of rotatable bonds is 3. The predicted molar refractivity (Wildman–Crippen MR) is 70.7 cm³/mol. The van der Waals surface area contributed by atoms with Gasteiger partial charge in [-0.1, -0.05) is 24.6 Å². The Morgan fingerprint density at radius 2 is 2.00 bits per heavy atom. The topological polar surface area (TPSA) is 30.0 Å². The van der Waals surface area contributed by atoms with Crippen molar-refractivity contribution in [3.05, 3.63) is 65.2 Å². The predicted octanol–water partition coefficient (Wildman–Crippen LogP) is 3.72. The van der Waals surface area contributed by atoms with Crippen LogP contribution in [0.1, 0.15) is 46.7 Å². The summed E-state index contributed by atoms with van der Waals surface area (Å²) in [6, 6.07) is 8.88. The van der Waals surface area contributed by atoms with Crippen LogP contribution in [0.5, 0.6) is 0 Å². The van der Waals surface area contributed by atoms with Crippen molar-refractivity contribution in [3.63, 3.8) is 0 Å². The van der Waals surface area contributed by atoms with Gasteiger partial charge >= 0.3 is 0 Å². The number of halogens is 1. The molecule has 1 aliphatic carbocycles. The van der Waals surface area contributed by atoms with Crippen LogP contribution in [0.4, 0.5) is 4.39 Å². The fourth-order valence-corrected chi connectivity index (χ4v) is 2.38. The molecule has 0 unspecified atom stereocenters. The van der Waals surface area contributed by atoms with Crippen molar-refractivity contribution < 1.29 is 9.18 Å². The molecule has 0 bridgehead atoms. The van der Waals surface area contributed by atoms with E-state index in [0.29, 0.717) is 17.0 Å². The van der Waals surface area contributed by atoms with Gasteiger partial charge in [0.05, 0.1) is 6.20 Å². The molecule has 0 aliphatic heterocycles. The second-order valence-electron chi connectivity index (χ2n) is 4.97. The zero-order valence-corrected chi connectivity index (χ0v) is 10.5. The molecular weight excluding hydrogens is 241 g/mol. The Hall–Kier alpha value is -2.03. The molecule has 19 heavy (non-hydrogen) atoms. The lowest BCUT2D eigenvalue weighted by atomic mass is 9.79. The van der Waals surface area contributed by atoms with Gasteiger partial charge in [0.25, 0.3) is 0 Å². The number of benzene rings is 1. The molecule has 1 aromatic carbocycles. The van der Waals surface area contributed by atoms with Crippen LogP contribution in [0.2, 0.25) is 0 Å². The van der Waals surface area contributed by atoms with Crippen LogP contribution in [0.15, 0.2) is 42.7 Å². The maximum absolute atomic E-state index is 13.1. The Morgan fingerprint density at radius 1 is 1.16 bits per heavy atom. The summed E-state index contributed by atoms with van der Waals surface area (Å²) in [4.78, 5) is 16.0. The third-order valence-corrected chi connectivity index (χ3v) is 3.69. The number of nitrogens with zero attached hydrogens (tertiary/aromatic N) is 1. The number of ketones is 1. The van der Waals surface area contributed by atoms with Crippen LogP contribution >= 0.6 is 0 Å². The van der Waals surface area contributed by atoms with Gasteiger partial charge in [-0.05, 0) is 36.5 Å². The van der Waals surface area contributed by atoms with E-state index in [1.165, 1.54) is 37.1 Å². The fourth-order valence-electron chi connectivity index (χ4n) is 2.38. The van der Waals surface area contributed by atoms with Gasteiger partial charge in [0, 0.05) is 17.3 Å². The highest BCUT2D eigenvalue weighted by Gasteiger charge is 2.20. The highest BCUT2D eigenvalue weighted by atomic mass is 19.1. The number of carbonyl (C=O) groups excluding carboxylic acids is 1. The van der Waals surface area contributed by atoms with E-state index >= 15 is 0 Å². The first kappa shape index (κ1) is 12.0. The maximum atomic E-state index is 13.1. The summed E-state index contributed by atoms with van der Waals surface area (Å²) in [6.45, 7) is 0. The van der Waals surface area contributed by atoms with Crippen molar-refractivity contribution in [2.45, 2.75) is 25.2 Å². The van der Waals surface area contributed by atoms with Gasteiger partial charge in [0.1, 0.15) is 5.82 Å². The average molecular weight is 255 g/mol. The third kappa shape index (κ3) is 2.41. The van der Waals surface area contributed by atoms with Gasteiger partial charge in [-0.3, -0.25) is 9.78 Å². The minimum Gasteiger partial charge on any atom is -0.289 e. The molecule has 1 saturated carbocycles. The lowest BCUT2D eigenvalue weighted by Gasteiger charge is -2.26. The molecule has 0 N–H and O–H groups in total. The molecule has 3 heteroatoms. The highest BCUT2D eigenvalue weighted by Crippen LogP contribution is 2.36. The average Bonchev–Trinajstić information content (AvgIpc) is 2.36. The quantitative estimate of drug-likeness (QED) is 0.782. The Bertz CT molecular complexity index is 620. The Kier molecular flexibility index (Phi) is 3.11. The van der Waals surface area contributed by atoms with Gasteiger partial charge in [-0.15, -0.1) is 0 Å². The summed E-state index contributed by atoms with van der Waals surface area (Å²) in [5.74, 6) is -0.0763. The minimum atomic E-state index is -0.485. The van der Waals surface area contributed by atoms with E-state index in [-0.39, 0.29) is 5.78 Å². The molecule has 1 aromatic heterocycles. The molecule has 0 atom stereocenters. The number of hydrogen-bond donors (Lipinski definition) is 0. The minimum absolute atomic E-state index is 0.173. The van der Waals surface area contributed by atoms with E-state index in [1.807, 2.05) is 12.1 Å². The van der Waals surface area contributed by atoms with Gasteiger partial charge in [0.15, 0.2) is 5.78 Å².